The van der Waals surface area contributed by atoms with Crippen LogP contribution >= 0.6 is 0 Å². The molecular formula is C18H31NO5. The molecule has 2 aliphatic rings. The second-order valence-electron chi connectivity index (χ2n) is 5.80. The van der Waals surface area contributed by atoms with Gasteiger partial charge >= 0.3 is 0 Å². The van der Waals surface area contributed by atoms with Gasteiger partial charge in [-0.15, -0.1) is 0 Å². The maximum Gasteiger partial charge on any atom is 0.0701 e. The van der Waals surface area contributed by atoms with Crippen LogP contribution in [-0.2, 0) is 23.7 Å². The molecule has 138 valence electrons. The highest BCUT2D eigenvalue weighted by Crippen LogP contribution is 2.10. The van der Waals surface area contributed by atoms with Crippen molar-refractivity contribution in [3.8, 4) is 0 Å². The van der Waals surface area contributed by atoms with E-state index in [0.29, 0.717) is 72.0 Å². The lowest BCUT2D eigenvalue weighted by Gasteiger charge is -2.24. The van der Waals surface area contributed by atoms with E-state index in [0.717, 1.165) is 19.6 Å². The number of ether oxygens (including phenoxy) is 5. The molecule has 0 N–H and O–H groups in total. The summed E-state index contributed by atoms with van der Waals surface area (Å²) in [6, 6.07) is 0. The Morgan fingerprint density at radius 3 is 1.38 bits per heavy atom. The van der Waals surface area contributed by atoms with Crippen LogP contribution in [0.4, 0.5) is 0 Å². The first-order chi connectivity index (χ1) is 11.9. The largest absolute Gasteiger partial charge is 0.378 e. The molecule has 6 heteroatoms. The topological polar surface area (TPSA) is 49.4 Å². The lowest BCUT2D eigenvalue weighted by atomic mass is 10.1. The fourth-order valence-electron chi connectivity index (χ4n) is 2.56. The molecule has 1 heterocycles. The summed E-state index contributed by atoms with van der Waals surface area (Å²) in [6.07, 6.45) is 8.68. The molecule has 1 fully saturated rings. The molecule has 2 rings (SSSR count). The Morgan fingerprint density at radius 1 is 0.583 bits per heavy atom. The fourth-order valence-corrected chi connectivity index (χ4v) is 2.56. The van der Waals surface area contributed by atoms with Crippen molar-refractivity contribution in [2.45, 2.75) is 0 Å². The van der Waals surface area contributed by atoms with E-state index in [4.69, 9.17) is 23.7 Å². The minimum Gasteiger partial charge on any atom is -0.378 e. The molecule has 0 atom stereocenters. The molecule has 0 aromatic carbocycles. The van der Waals surface area contributed by atoms with E-state index < -0.39 is 0 Å². The summed E-state index contributed by atoms with van der Waals surface area (Å²) >= 11 is 0. The first-order valence-corrected chi connectivity index (χ1v) is 8.91. The van der Waals surface area contributed by atoms with Crippen LogP contribution in [0.25, 0.3) is 0 Å². The summed E-state index contributed by atoms with van der Waals surface area (Å²) in [5, 5.41) is 0. The highest BCUT2D eigenvalue weighted by Gasteiger charge is 2.11. The molecule has 0 aromatic heterocycles. The summed E-state index contributed by atoms with van der Waals surface area (Å²) in [5.74, 6) is 0.495. The maximum atomic E-state index is 5.67. The molecule has 0 bridgehead atoms. The van der Waals surface area contributed by atoms with Crippen LogP contribution in [0.15, 0.2) is 24.3 Å². The molecule has 0 saturated carbocycles. The van der Waals surface area contributed by atoms with Crippen LogP contribution < -0.4 is 0 Å². The predicted octanol–water partition coefficient (Wildman–Crippen LogP) is 1.13. The van der Waals surface area contributed by atoms with E-state index in [9.17, 15) is 0 Å². The number of hydrogen-bond donors (Lipinski definition) is 0. The van der Waals surface area contributed by atoms with Gasteiger partial charge in [0.25, 0.3) is 0 Å². The molecular weight excluding hydrogens is 310 g/mol. The van der Waals surface area contributed by atoms with Crippen LogP contribution in [0.2, 0.25) is 0 Å². The van der Waals surface area contributed by atoms with Crippen molar-refractivity contribution in [1.29, 1.82) is 0 Å². The lowest BCUT2D eigenvalue weighted by molar-refractivity contribution is -0.0187. The van der Waals surface area contributed by atoms with Gasteiger partial charge in [0.1, 0.15) is 0 Å². The maximum absolute atomic E-state index is 5.67. The SMILES string of the molecule is C1=CC(CN2CCOCCOCCOCCOCCOCC2)C=C1. The number of nitrogens with zero attached hydrogens (tertiary/aromatic N) is 1. The van der Waals surface area contributed by atoms with Crippen molar-refractivity contribution in [2.75, 3.05) is 85.7 Å². The van der Waals surface area contributed by atoms with Crippen LogP contribution in [0.1, 0.15) is 0 Å². The highest BCUT2D eigenvalue weighted by molar-refractivity contribution is 5.17. The summed E-state index contributed by atoms with van der Waals surface area (Å²) in [7, 11) is 0. The summed E-state index contributed by atoms with van der Waals surface area (Å²) in [5.41, 5.74) is 0. The van der Waals surface area contributed by atoms with Crippen LogP contribution in [0.5, 0.6) is 0 Å². The Balaban J connectivity index is 1.68. The average Bonchev–Trinajstić information content (AvgIpc) is 3.09. The third kappa shape index (κ3) is 9.52. The first-order valence-electron chi connectivity index (χ1n) is 8.91. The van der Waals surface area contributed by atoms with Gasteiger partial charge in [0.15, 0.2) is 0 Å². The van der Waals surface area contributed by atoms with E-state index in [-0.39, 0.29) is 0 Å². The average molecular weight is 341 g/mol. The van der Waals surface area contributed by atoms with Gasteiger partial charge in [0, 0.05) is 25.6 Å². The minimum absolute atomic E-state index is 0.495. The molecule has 1 aliphatic carbocycles. The lowest BCUT2D eigenvalue weighted by Crippen LogP contribution is -2.34. The normalized spacial score (nSPS) is 24.7. The van der Waals surface area contributed by atoms with Gasteiger partial charge in [0.05, 0.1) is 66.1 Å². The molecule has 0 aromatic rings. The van der Waals surface area contributed by atoms with Gasteiger partial charge in [-0.3, -0.25) is 4.90 Å². The van der Waals surface area contributed by atoms with Gasteiger partial charge in [-0.1, -0.05) is 24.3 Å². The second kappa shape index (κ2) is 13.5. The van der Waals surface area contributed by atoms with Crippen molar-refractivity contribution < 1.29 is 23.7 Å². The third-order valence-electron chi connectivity index (χ3n) is 3.89. The van der Waals surface area contributed by atoms with E-state index in [2.05, 4.69) is 29.2 Å². The summed E-state index contributed by atoms with van der Waals surface area (Å²) in [6.45, 7) is 9.07. The molecule has 1 aliphatic heterocycles. The molecule has 6 nitrogen and oxygen atoms in total. The summed E-state index contributed by atoms with van der Waals surface area (Å²) in [4.78, 5) is 2.39. The van der Waals surface area contributed by atoms with E-state index in [1.165, 1.54) is 0 Å². The zero-order valence-electron chi connectivity index (χ0n) is 14.6. The zero-order valence-corrected chi connectivity index (χ0v) is 14.6. The van der Waals surface area contributed by atoms with Gasteiger partial charge in [-0.2, -0.15) is 0 Å². The first kappa shape index (κ1) is 19.6. The molecule has 0 amide bonds. The van der Waals surface area contributed by atoms with Crippen molar-refractivity contribution in [2.24, 2.45) is 5.92 Å². The van der Waals surface area contributed by atoms with Crippen LogP contribution in [-0.4, -0.2) is 90.6 Å². The van der Waals surface area contributed by atoms with E-state index in [1.807, 2.05) is 0 Å². The molecule has 24 heavy (non-hydrogen) atoms. The Labute approximate surface area is 145 Å². The fraction of sp³-hybridized carbons (Fsp3) is 0.778. The Morgan fingerprint density at radius 2 is 0.958 bits per heavy atom. The molecule has 0 radical (unpaired) electrons. The van der Waals surface area contributed by atoms with Gasteiger partial charge < -0.3 is 23.7 Å². The van der Waals surface area contributed by atoms with Gasteiger partial charge in [-0.05, 0) is 0 Å². The van der Waals surface area contributed by atoms with Gasteiger partial charge in [0.2, 0.25) is 0 Å². The van der Waals surface area contributed by atoms with Crippen molar-refractivity contribution in [3.05, 3.63) is 24.3 Å². The van der Waals surface area contributed by atoms with Gasteiger partial charge in [-0.25, -0.2) is 0 Å². The Bertz CT molecular complexity index is 331. The highest BCUT2D eigenvalue weighted by atomic mass is 16.6. The number of hydrogen-bond acceptors (Lipinski definition) is 6. The molecule has 0 unspecified atom stereocenters. The molecule has 1 saturated heterocycles. The zero-order chi connectivity index (χ0) is 16.7. The number of allylic oxidation sites excluding steroid dienone is 2. The smallest absolute Gasteiger partial charge is 0.0701 e. The Hall–Kier alpha value is -0.760. The van der Waals surface area contributed by atoms with Crippen molar-refractivity contribution in [1.82, 2.24) is 4.90 Å². The Kier molecular flexibility index (Phi) is 11.0. The molecule has 0 spiro atoms. The van der Waals surface area contributed by atoms with Crippen molar-refractivity contribution >= 4 is 0 Å². The minimum atomic E-state index is 0.495. The van der Waals surface area contributed by atoms with E-state index >= 15 is 0 Å². The van der Waals surface area contributed by atoms with Crippen LogP contribution in [0, 0.1) is 5.92 Å². The standard InChI is InChI=1S/C18H31NO5/c1-2-4-18(3-1)17-19-5-7-20-9-11-22-13-15-24-16-14-23-12-10-21-8-6-19/h1-4,18H,5-17H2. The predicted molar refractivity (Wildman–Crippen MR) is 92.3 cm³/mol. The quantitative estimate of drug-likeness (QED) is 0.750. The van der Waals surface area contributed by atoms with Crippen molar-refractivity contribution in [3.63, 3.8) is 0 Å². The third-order valence-corrected chi connectivity index (χ3v) is 3.89. The summed E-state index contributed by atoms with van der Waals surface area (Å²) < 4.78 is 27.7. The number of rotatable bonds is 2. The monoisotopic (exact) mass is 341 g/mol. The van der Waals surface area contributed by atoms with E-state index in [1.54, 1.807) is 0 Å². The second-order valence-corrected chi connectivity index (χ2v) is 5.80. The van der Waals surface area contributed by atoms with Crippen LogP contribution in [0.3, 0.4) is 0 Å².